The van der Waals surface area contributed by atoms with Gasteiger partial charge in [0.15, 0.2) is 5.96 Å². The van der Waals surface area contributed by atoms with Gasteiger partial charge in [-0.25, -0.2) is 4.98 Å². The predicted octanol–water partition coefficient (Wildman–Crippen LogP) is 3.26. The molecule has 6 nitrogen and oxygen atoms in total. The van der Waals surface area contributed by atoms with Gasteiger partial charge in [0.25, 0.3) is 0 Å². The van der Waals surface area contributed by atoms with Crippen LogP contribution < -0.4 is 10.6 Å². The molecule has 2 N–H and O–H groups in total. The van der Waals surface area contributed by atoms with E-state index in [0.717, 1.165) is 69.9 Å². The topological polar surface area (TPSA) is 61.8 Å². The van der Waals surface area contributed by atoms with Crippen molar-refractivity contribution in [3.8, 4) is 0 Å². The van der Waals surface area contributed by atoms with Crippen LogP contribution in [-0.4, -0.2) is 61.8 Å². The molecule has 1 aliphatic rings. The molecular formula is C19H36IN5OS. The molecular weight excluding hydrogens is 473 g/mol. The Kier molecular flexibility index (Phi) is 13.2. The van der Waals surface area contributed by atoms with Crippen molar-refractivity contribution in [1.29, 1.82) is 0 Å². The molecule has 1 aromatic rings. The Labute approximate surface area is 185 Å². The molecule has 0 bridgehead atoms. The van der Waals surface area contributed by atoms with Gasteiger partial charge in [0, 0.05) is 44.8 Å². The summed E-state index contributed by atoms with van der Waals surface area (Å²) in [5.74, 6) is 1.62. The maximum absolute atomic E-state index is 5.38. The fourth-order valence-electron chi connectivity index (χ4n) is 3.12. The summed E-state index contributed by atoms with van der Waals surface area (Å²) in [6.45, 7) is 13.8. The molecule has 1 aliphatic heterocycles. The first-order valence-corrected chi connectivity index (χ1v) is 10.8. The van der Waals surface area contributed by atoms with Crippen molar-refractivity contribution in [3.05, 3.63) is 16.1 Å². The summed E-state index contributed by atoms with van der Waals surface area (Å²) in [6.07, 6.45) is 3.44. The van der Waals surface area contributed by atoms with Gasteiger partial charge >= 0.3 is 0 Å². The number of thiazole rings is 1. The molecule has 2 heterocycles. The van der Waals surface area contributed by atoms with E-state index in [-0.39, 0.29) is 24.0 Å². The van der Waals surface area contributed by atoms with E-state index >= 15 is 0 Å². The molecule has 0 spiro atoms. The van der Waals surface area contributed by atoms with Crippen LogP contribution in [0.1, 0.15) is 43.8 Å². The van der Waals surface area contributed by atoms with Gasteiger partial charge in [0.2, 0.25) is 0 Å². The highest BCUT2D eigenvalue weighted by Gasteiger charge is 2.19. The summed E-state index contributed by atoms with van der Waals surface area (Å²) in [5.41, 5.74) is 1.22. The smallest absolute Gasteiger partial charge is 0.191 e. The number of hydrogen-bond donors (Lipinski definition) is 2. The van der Waals surface area contributed by atoms with Gasteiger partial charge in [-0.1, -0.05) is 0 Å². The molecule has 1 aromatic heterocycles. The van der Waals surface area contributed by atoms with Crippen LogP contribution >= 0.6 is 35.3 Å². The van der Waals surface area contributed by atoms with Crippen molar-refractivity contribution in [2.45, 2.75) is 46.6 Å². The van der Waals surface area contributed by atoms with E-state index in [1.165, 1.54) is 18.5 Å². The molecule has 0 radical (unpaired) electrons. The SMILES string of the molecule is CCNC(=NCC1CCN(Cc2csc(C)n2)CC1)NCCCOCC.I. The molecule has 27 heavy (non-hydrogen) atoms. The maximum atomic E-state index is 5.38. The molecule has 0 saturated carbocycles. The number of aliphatic imine (C=N–C) groups is 1. The van der Waals surface area contributed by atoms with Crippen LogP contribution in [-0.2, 0) is 11.3 Å². The number of rotatable bonds is 10. The van der Waals surface area contributed by atoms with Crippen LogP contribution in [0.25, 0.3) is 0 Å². The summed E-state index contributed by atoms with van der Waals surface area (Å²) in [7, 11) is 0. The molecule has 0 amide bonds. The largest absolute Gasteiger partial charge is 0.382 e. The van der Waals surface area contributed by atoms with Crippen molar-refractivity contribution in [2.75, 3.05) is 45.9 Å². The lowest BCUT2D eigenvalue weighted by atomic mass is 9.97. The number of ether oxygens (including phenoxy) is 1. The van der Waals surface area contributed by atoms with Crippen LogP contribution in [0.3, 0.4) is 0 Å². The Hall–Kier alpha value is -0.450. The molecule has 1 fully saturated rings. The summed E-state index contributed by atoms with van der Waals surface area (Å²) in [6, 6.07) is 0. The summed E-state index contributed by atoms with van der Waals surface area (Å²) in [5, 5.41) is 10.1. The van der Waals surface area contributed by atoms with E-state index in [9.17, 15) is 0 Å². The molecule has 0 aromatic carbocycles. The zero-order valence-corrected chi connectivity index (χ0v) is 20.1. The van der Waals surface area contributed by atoms with Gasteiger partial charge in [-0.05, 0) is 59.0 Å². The number of aromatic nitrogens is 1. The average molecular weight is 510 g/mol. The highest BCUT2D eigenvalue weighted by Crippen LogP contribution is 2.20. The molecule has 156 valence electrons. The highest BCUT2D eigenvalue weighted by molar-refractivity contribution is 14.0. The monoisotopic (exact) mass is 509 g/mol. The van der Waals surface area contributed by atoms with E-state index in [0.29, 0.717) is 5.92 Å². The molecule has 0 aliphatic carbocycles. The predicted molar refractivity (Wildman–Crippen MR) is 125 cm³/mol. The first-order valence-electron chi connectivity index (χ1n) is 9.94. The number of guanidine groups is 1. The van der Waals surface area contributed by atoms with Crippen LogP contribution in [0.2, 0.25) is 0 Å². The zero-order valence-electron chi connectivity index (χ0n) is 17.0. The fourth-order valence-corrected chi connectivity index (χ4v) is 3.73. The second-order valence-corrected chi connectivity index (χ2v) is 7.84. The van der Waals surface area contributed by atoms with E-state index in [1.807, 2.05) is 6.92 Å². The lowest BCUT2D eigenvalue weighted by Crippen LogP contribution is -2.39. The van der Waals surface area contributed by atoms with Gasteiger partial charge in [-0.2, -0.15) is 0 Å². The van der Waals surface area contributed by atoms with Crippen LogP contribution in [0, 0.1) is 12.8 Å². The summed E-state index contributed by atoms with van der Waals surface area (Å²) < 4.78 is 5.38. The van der Waals surface area contributed by atoms with E-state index in [4.69, 9.17) is 9.73 Å². The first-order chi connectivity index (χ1) is 12.7. The van der Waals surface area contributed by atoms with Crippen molar-refractivity contribution in [2.24, 2.45) is 10.9 Å². The standard InChI is InChI=1S/C19H35N5OS.HI/c1-4-20-19(21-9-6-12-25-5-2)22-13-17-7-10-24(11-8-17)14-18-15-26-16(3)23-18;/h15,17H,4-14H2,1-3H3,(H2,20,21,22);1H. The Morgan fingerprint density at radius 3 is 2.74 bits per heavy atom. The number of hydrogen-bond acceptors (Lipinski definition) is 5. The first kappa shape index (κ1) is 24.6. The molecule has 8 heteroatoms. The zero-order chi connectivity index (χ0) is 18.6. The summed E-state index contributed by atoms with van der Waals surface area (Å²) >= 11 is 1.74. The minimum Gasteiger partial charge on any atom is -0.382 e. The Morgan fingerprint density at radius 2 is 2.11 bits per heavy atom. The summed E-state index contributed by atoms with van der Waals surface area (Å²) in [4.78, 5) is 11.9. The third-order valence-electron chi connectivity index (χ3n) is 4.57. The Balaban J connectivity index is 0.00000364. The number of piperidine rings is 1. The second kappa shape index (κ2) is 14.5. The molecule has 0 atom stereocenters. The van der Waals surface area contributed by atoms with E-state index < -0.39 is 0 Å². The van der Waals surface area contributed by atoms with Crippen molar-refractivity contribution in [1.82, 2.24) is 20.5 Å². The Bertz CT molecular complexity index is 532. The lowest BCUT2D eigenvalue weighted by molar-refractivity contribution is 0.145. The fraction of sp³-hybridized carbons (Fsp3) is 0.789. The number of nitrogens with one attached hydrogen (secondary N) is 2. The molecule has 1 saturated heterocycles. The number of nitrogens with zero attached hydrogens (tertiary/aromatic N) is 3. The normalized spacial score (nSPS) is 16.2. The third kappa shape index (κ3) is 10.0. The number of likely N-dealkylation sites (tertiary alicyclic amines) is 1. The van der Waals surface area contributed by atoms with Gasteiger partial charge in [0.1, 0.15) is 0 Å². The van der Waals surface area contributed by atoms with Crippen molar-refractivity contribution < 1.29 is 4.74 Å². The number of aryl methyl sites for hydroxylation is 1. The van der Waals surface area contributed by atoms with E-state index in [1.54, 1.807) is 11.3 Å². The van der Waals surface area contributed by atoms with Gasteiger partial charge < -0.3 is 15.4 Å². The van der Waals surface area contributed by atoms with Crippen LogP contribution in [0.4, 0.5) is 0 Å². The highest BCUT2D eigenvalue weighted by atomic mass is 127. The van der Waals surface area contributed by atoms with Crippen molar-refractivity contribution in [3.63, 3.8) is 0 Å². The average Bonchev–Trinajstić information content (AvgIpc) is 3.05. The minimum absolute atomic E-state index is 0. The molecule has 0 unspecified atom stereocenters. The van der Waals surface area contributed by atoms with Crippen molar-refractivity contribution >= 4 is 41.3 Å². The van der Waals surface area contributed by atoms with Gasteiger partial charge in [0.05, 0.1) is 10.7 Å². The van der Waals surface area contributed by atoms with E-state index in [2.05, 4.69) is 39.7 Å². The molecule has 2 rings (SSSR count). The third-order valence-corrected chi connectivity index (χ3v) is 5.40. The number of halogens is 1. The maximum Gasteiger partial charge on any atom is 0.191 e. The minimum atomic E-state index is 0. The van der Waals surface area contributed by atoms with Crippen LogP contribution in [0.5, 0.6) is 0 Å². The second-order valence-electron chi connectivity index (χ2n) is 6.77. The Morgan fingerprint density at radius 1 is 1.33 bits per heavy atom. The van der Waals surface area contributed by atoms with Crippen LogP contribution in [0.15, 0.2) is 10.4 Å². The van der Waals surface area contributed by atoms with Gasteiger partial charge in [-0.3, -0.25) is 9.89 Å². The van der Waals surface area contributed by atoms with Gasteiger partial charge in [-0.15, -0.1) is 35.3 Å². The quantitative estimate of drug-likeness (QED) is 0.220. The lowest BCUT2D eigenvalue weighted by Gasteiger charge is -2.30.